The van der Waals surface area contributed by atoms with Crippen LogP contribution in [-0.4, -0.2) is 7.05 Å². The molecule has 1 aromatic carbocycles. The first-order valence-corrected chi connectivity index (χ1v) is 5.36. The second-order valence-electron chi connectivity index (χ2n) is 2.65. The van der Waals surface area contributed by atoms with E-state index in [1.54, 1.807) is 0 Å². The Morgan fingerprint density at radius 3 is 2.17 bits per heavy atom. The highest BCUT2D eigenvalue weighted by Gasteiger charge is 2.09. The van der Waals surface area contributed by atoms with Gasteiger partial charge in [-0.2, -0.15) is 0 Å². The van der Waals surface area contributed by atoms with Crippen molar-refractivity contribution in [3.05, 3.63) is 32.7 Å². The van der Waals surface area contributed by atoms with Gasteiger partial charge in [0, 0.05) is 15.0 Å². The second kappa shape index (κ2) is 4.40. The summed E-state index contributed by atoms with van der Waals surface area (Å²) in [5.74, 6) is 0. The maximum atomic E-state index is 3.52. The maximum absolute atomic E-state index is 3.52. The van der Waals surface area contributed by atoms with Crippen LogP contribution in [0.25, 0.3) is 0 Å². The lowest BCUT2D eigenvalue weighted by Crippen LogP contribution is -2.13. The van der Waals surface area contributed by atoms with E-state index < -0.39 is 0 Å². The van der Waals surface area contributed by atoms with E-state index in [0.29, 0.717) is 6.04 Å². The molecule has 0 fully saturated rings. The molecule has 0 saturated heterocycles. The Bertz CT molecular complexity index is 253. The summed E-state index contributed by atoms with van der Waals surface area (Å²) in [6.45, 7) is 2.13. The molecule has 0 unspecified atom stereocenters. The molecule has 66 valence electrons. The number of hydrogen-bond donors (Lipinski definition) is 1. The quantitative estimate of drug-likeness (QED) is 0.880. The minimum Gasteiger partial charge on any atom is -0.313 e. The van der Waals surface area contributed by atoms with Gasteiger partial charge in [0.15, 0.2) is 0 Å². The Kier molecular flexibility index (Phi) is 3.75. The fourth-order valence-electron chi connectivity index (χ4n) is 1.07. The standard InChI is InChI=1S/C9H11Br2N/c1-6(12-2)9-7(10)4-3-5-8(9)11/h3-6,12H,1-2H3/t6-/m1/s1. The Morgan fingerprint density at radius 2 is 1.75 bits per heavy atom. The summed E-state index contributed by atoms with van der Waals surface area (Å²) in [6.07, 6.45) is 0. The van der Waals surface area contributed by atoms with Crippen LogP contribution in [0.2, 0.25) is 0 Å². The molecule has 0 aliphatic heterocycles. The van der Waals surface area contributed by atoms with Crippen molar-refractivity contribution in [1.29, 1.82) is 0 Å². The summed E-state index contributed by atoms with van der Waals surface area (Å²) >= 11 is 7.04. The summed E-state index contributed by atoms with van der Waals surface area (Å²) in [5.41, 5.74) is 1.26. The first kappa shape index (κ1) is 10.2. The van der Waals surface area contributed by atoms with Gasteiger partial charge in [-0.1, -0.05) is 37.9 Å². The molecule has 3 heteroatoms. The van der Waals surface area contributed by atoms with E-state index in [0.717, 1.165) is 8.95 Å². The molecule has 0 heterocycles. The van der Waals surface area contributed by atoms with Gasteiger partial charge in [-0.05, 0) is 31.7 Å². The highest BCUT2D eigenvalue weighted by Crippen LogP contribution is 2.30. The van der Waals surface area contributed by atoms with Crippen molar-refractivity contribution in [1.82, 2.24) is 5.32 Å². The number of nitrogens with one attached hydrogen (secondary N) is 1. The summed E-state index contributed by atoms with van der Waals surface area (Å²) < 4.78 is 2.28. The molecule has 0 aliphatic carbocycles. The Hall–Kier alpha value is 0.140. The lowest BCUT2D eigenvalue weighted by Gasteiger charge is -2.14. The van der Waals surface area contributed by atoms with Crippen LogP contribution in [0.1, 0.15) is 18.5 Å². The van der Waals surface area contributed by atoms with Crippen molar-refractivity contribution in [2.75, 3.05) is 7.05 Å². The van der Waals surface area contributed by atoms with E-state index in [1.807, 2.05) is 25.2 Å². The monoisotopic (exact) mass is 291 g/mol. The number of benzene rings is 1. The maximum Gasteiger partial charge on any atom is 0.0311 e. The fourth-order valence-corrected chi connectivity index (χ4v) is 2.75. The van der Waals surface area contributed by atoms with Gasteiger partial charge in [-0.15, -0.1) is 0 Å². The van der Waals surface area contributed by atoms with Gasteiger partial charge < -0.3 is 5.32 Å². The third-order valence-electron chi connectivity index (χ3n) is 1.87. The van der Waals surface area contributed by atoms with Crippen molar-refractivity contribution >= 4 is 31.9 Å². The second-order valence-corrected chi connectivity index (χ2v) is 4.35. The third kappa shape index (κ3) is 2.09. The molecule has 1 atom stereocenters. The zero-order valence-corrected chi connectivity index (χ0v) is 10.2. The van der Waals surface area contributed by atoms with Crippen LogP contribution in [0.15, 0.2) is 27.1 Å². The molecule has 0 radical (unpaired) electrons. The van der Waals surface area contributed by atoms with Gasteiger partial charge in [0.1, 0.15) is 0 Å². The van der Waals surface area contributed by atoms with Crippen LogP contribution >= 0.6 is 31.9 Å². The van der Waals surface area contributed by atoms with Crippen LogP contribution < -0.4 is 5.32 Å². The van der Waals surface area contributed by atoms with Gasteiger partial charge in [0.05, 0.1) is 0 Å². The molecular formula is C9H11Br2N. The van der Waals surface area contributed by atoms with Crippen LogP contribution in [0, 0.1) is 0 Å². The highest BCUT2D eigenvalue weighted by atomic mass is 79.9. The lowest BCUT2D eigenvalue weighted by molar-refractivity contribution is 0.647. The van der Waals surface area contributed by atoms with Crippen LogP contribution in [0.3, 0.4) is 0 Å². The van der Waals surface area contributed by atoms with Crippen molar-refractivity contribution in [3.8, 4) is 0 Å². The molecular weight excluding hydrogens is 282 g/mol. The van der Waals surface area contributed by atoms with Crippen molar-refractivity contribution in [2.45, 2.75) is 13.0 Å². The van der Waals surface area contributed by atoms with Crippen LogP contribution in [0.5, 0.6) is 0 Å². The van der Waals surface area contributed by atoms with E-state index in [1.165, 1.54) is 5.56 Å². The predicted molar refractivity (Wildman–Crippen MR) is 59.3 cm³/mol. The van der Waals surface area contributed by atoms with Gasteiger partial charge in [0.2, 0.25) is 0 Å². The molecule has 12 heavy (non-hydrogen) atoms. The lowest BCUT2D eigenvalue weighted by atomic mass is 10.1. The van der Waals surface area contributed by atoms with Crippen molar-refractivity contribution in [3.63, 3.8) is 0 Å². The number of halogens is 2. The minimum atomic E-state index is 0.356. The predicted octanol–water partition coefficient (Wildman–Crippen LogP) is 3.49. The smallest absolute Gasteiger partial charge is 0.0311 e. The van der Waals surface area contributed by atoms with E-state index in [-0.39, 0.29) is 0 Å². The van der Waals surface area contributed by atoms with Crippen LogP contribution in [-0.2, 0) is 0 Å². The minimum absolute atomic E-state index is 0.356. The average molecular weight is 293 g/mol. The Balaban J connectivity index is 3.12. The molecule has 0 spiro atoms. The van der Waals surface area contributed by atoms with E-state index >= 15 is 0 Å². The molecule has 0 amide bonds. The van der Waals surface area contributed by atoms with E-state index in [9.17, 15) is 0 Å². The SMILES string of the molecule is CN[C@H](C)c1c(Br)cccc1Br. The largest absolute Gasteiger partial charge is 0.313 e. The van der Waals surface area contributed by atoms with Gasteiger partial charge >= 0.3 is 0 Å². The molecule has 1 aromatic rings. The zero-order valence-electron chi connectivity index (χ0n) is 7.07. The van der Waals surface area contributed by atoms with Crippen molar-refractivity contribution < 1.29 is 0 Å². The molecule has 1 N–H and O–H groups in total. The van der Waals surface area contributed by atoms with Gasteiger partial charge in [0.25, 0.3) is 0 Å². The summed E-state index contributed by atoms with van der Waals surface area (Å²) in [6, 6.07) is 6.47. The highest BCUT2D eigenvalue weighted by molar-refractivity contribution is 9.11. The van der Waals surface area contributed by atoms with Crippen molar-refractivity contribution in [2.24, 2.45) is 0 Å². The normalized spacial score (nSPS) is 13.0. The van der Waals surface area contributed by atoms with Gasteiger partial charge in [-0.25, -0.2) is 0 Å². The number of rotatable bonds is 2. The summed E-state index contributed by atoms with van der Waals surface area (Å²) in [4.78, 5) is 0. The first-order valence-electron chi connectivity index (χ1n) is 3.78. The average Bonchev–Trinajstić information content (AvgIpc) is 2.03. The van der Waals surface area contributed by atoms with Gasteiger partial charge in [-0.3, -0.25) is 0 Å². The third-order valence-corrected chi connectivity index (χ3v) is 3.25. The topological polar surface area (TPSA) is 12.0 Å². The Labute approximate surface area is 89.8 Å². The van der Waals surface area contributed by atoms with E-state index in [2.05, 4.69) is 44.1 Å². The molecule has 0 saturated carbocycles. The van der Waals surface area contributed by atoms with E-state index in [4.69, 9.17) is 0 Å². The molecule has 0 bridgehead atoms. The molecule has 1 rings (SSSR count). The molecule has 0 aliphatic rings. The zero-order chi connectivity index (χ0) is 9.14. The summed E-state index contributed by atoms with van der Waals surface area (Å²) in [7, 11) is 1.95. The Morgan fingerprint density at radius 1 is 1.25 bits per heavy atom. The summed E-state index contributed by atoms with van der Waals surface area (Å²) in [5, 5.41) is 3.20. The fraction of sp³-hybridized carbons (Fsp3) is 0.333. The molecule has 1 nitrogen and oxygen atoms in total. The van der Waals surface area contributed by atoms with Crippen LogP contribution in [0.4, 0.5) is 0 Å². The first-order chi connectivity index (χ1) is 5.66. The molecule has 0 aromatic heterocycles. The number of hydrogen-bond acceptors (Lipinski definition) is 1.